The number of rotatable bonds is 22. The summed E-state index contributed by atoms with van der Waals surface area (Å²) < 4.78 is 5.58. The number of esters is 1. The lowest BCUT2D eigenvalue weighted by Gasteiger charge is -2.22. The Labute approximate surface area is 226 Å². The summed E-state index contributed by atoms with van der Waals surface area (Å²) in [7, 11) is 0. The first kappa shape index (κ1) is 32.9. The van der Waals surface area contributed by atoms with Gasteiger partial charge in [0, 0.05) is 12.6 Å². The fourth-order valence-corrected chi connectivity index (χ4v) is 4.16. The van der Waals surface area contributed by atoms with Crippen molar-refractivity contribution in [3.05, 3.63) is 24.4 Å². The van der Waals surface area contributed by atoms with Crippen molar-refractivity contribution in [2.24, 2.45) is 5.73 Å². The van der Waals surface area contributed by atoms with Gasteiger partial charge in [0.1, 0.15) is 18.0 Å². The second-order valence-corrected chi connectivity index (χ2v) is 9.71. The Morgan fingerprint density at radius 3 is 2.11 bits per heavy atom. The van der Waals surface area contributed by atoms with E-state index in [1.54, 1.807) is 18.2 Å². The van der Waals surface area contributed by atoms with Crippen LogP contribution in [0.3, 0.4) is 0 Å². The quantitative estimate of drug-likeness (QED) is 0.116. The van der Waals surface area contributed by atoms with Crippen LogP contribution in [-0.2, 0) is 19.1 Å². The number of pyridine rings is 1. The zero-order valence-electron chi connectivity index (χ0n) is 22.8. The minimum atomic E-state index is -1.08. The summed E-state index contributed by atoms with van der Waals surface area (Å²) >= 11 is 0. The van der Waals surface area contributed by atoms with Gasteiger partial charge in [0.2, 0.25) is 5.91 Å². The molecule has 0 aliphatic heterocycles. The number of urea groups is 1. The maximum absolute atomic E-state index is 12.9. The molecule has 1 heterocycles. The Bertz CT molecular complexity index is 821. The number of amides is 3. The van der Waals surface area contributed by atoms with Crippen LogP contribution in [0, 0.1) is 0 Å². The van der Waals surface area contributed by atoms with E-state index in [0.717, 1.165) is 25.7 Å². The van der Waals surface area contributed by atoms with E-state index in [2.05, 4.69) is 22.5 Å². The molecule has 214 valence electrons. The predicted octanol–water partition coefficient (Wildman–Crippen LogP) is 5.31. The van der Waals surface area contributed by atoms with Gasteiger partial charge in [-0.2, -0.15) is 0 Å². The van der Waals surface area contributed by atoms with E-state index in [-0.39, 0.29) is 25.7 Å². The number of ether oxygens (including phenoxy) is 1. The monoisotopic (exact) mass is 534 g/mol. The molecule has 0 unspecified atom stereocenters. The molecule has 0 bridgehead atoms. The first-order valence-electron chi connectivity index (χ1n) is 14.0. The lowest BCUT2D eigenvalue weighted by Crippen LogP contribution is -2.45. The van der Waals surface area contributed by atoms with Crippen molar-refractivity contribution in [1.82, 2.24) is 10.3 Å². The SMILES string of the molecule is CCCCCCCCCCCCC[C@@H](CC(N)=O)OC(=O)[C@H](CCCC(=O)O)NC(=O)Nc1ccccn1. The molecule has 0 fully saturated rings. The largest absolute Gasteiger partial charge is 0.481 e. The van der Waals surface area contributed by atoms with Crippen LogP contribution in [0.25, 0.3) is 0 Å². The zero-order valence-corrected chi connectivity index (χ0v) is 22.8. The molecule has 5 N–H and O–H groups in total. The number of unbranched alkanes of at least 4 members (excludes halogenated alkanes) is 10. The first-order chi connectivity index (χ1) is 18.3. The Hall–Kier alpha value is -3.17. The number of nitrogens with one attached hydrogen (secondary N) is 2. The third-order valence-corrected chi connectivity index (χ3v) is 6.22. The molecule has 0 saturated carbocycles. The van der Waals surface area contributed by atoms with Gasteiger partial charge in [-0.3, -0.25) is 14.9 Å². The van der Waals surface area contributed by atoms with E-state index < -0.39 is 36.0 Å². The second-order valence-electron chi connectivity index (χ2n) is 9.71. The number of aliphatic carboxylic acids is 1. The van der Waals surface area contributed by atoms with Gasteiger partial charge in [-0.25, -0.2) is 14.6 Å². The summed E-state index contributed by atoms with van der Waals surface area (Å²) in [5, 5.41) is 14.0. The van der Waals surface area contributed by atoms with Gasteiger partial charge >= 0.3 is 18.0 Å². The molecule has 1 aromatic heterocycles. The van der Waals surface area contributed by atoms with E-state index in [9.17, 15) is 19.2 Å². The number of carbonyl (C=O) groups excluding carboxylic acids is 3. The molecule has 0 radical (unpaired) electrons. The lowest BCUT2D eigenvalue weighted by atomic mass is 10.0. The summed E-state index contributed by atoms with van der Waals surface area (Å²) in [6.45, 7) is 2.22. The van der Waals surface area contributed by atoms with Crippen molar-refractivity contribution in [3.8, 4) is 0 Å². The normalized spacial score (nSPS) is 12.3. The fourth-order valence-electron chi connectivity index (χ4n) is 4.16. The van der Waals surface area contributed by atoms with Crippen LogP contribution < -0.4 is 16.4 Å². The number of anilines is 1. The van der Waals surface area contributed by atoms with Crippen LogP contribution in [0.15, 0.2) is 24.4 Å². The molecule has 0 aliphatic carbocycles. The zero-order chi connectivity index (χ0) is 28.0. The molecular weight excluding hydrogens is 488 g/mol. The predicted molar refractivity (Wildman–Crippen MR) is 146 cm³/mol. The van der Waals surface area contributed by atoms with Crippen LogP contribution in [-0.4, -0.2) is 46.1 Å². The molecule has 0 spiro atoms. The molecule has 38 heavy (non-hydrogen) atoms. The van der Waals surface area contributed by atoms with E-state index >= 15 is 0 Å². The third kappa shape index (κ3) is 17.3. The first-order valence-corrected chi connectivity index (χ1v) is 14.0. The number of hydrogen-bond acceptors (Lipinski definition) is 6. The highest BCUT2D eigenvalue weighted by Crippen LogP contribution is 2.16. The van der Waals surface area contributed by atoms with Gasteiger partial charge < -0.3 is 20.9 Å². The summed E-state index contributed by atoms with van der Waals surface area (Å²) in [6, 6.07) is 3.24. The van der Waals surface area contributed by atoms with Crippen molar-refractivity contribution in [2.45, 2.75) is 122 Å². The van der Waals surface area contributed by atoms with E-state index in [4.69, 9.17) is 15.6 Å². The Morgan fingerprint density at radius 2 is 1.55 bits per heavy atom. The third-order valence-electron chi connectivity index (χ3n) is 6.22. The Balaban J connectivity index is 2.52. The summed E-state index contributed by atoms with van der Waals surface area (Å²) in [4.78, 5) is 51.8. The molecule has 10 nitrogen and oxygen atoms in total. The Kier molecular flexibility index (Phi) is 18.0. The number of carboxylic acids is 1. The Morgan fingerprint density at radius 1 is 0.921 bits per heavy atom. The topological polar surface area (TPSA) is 161 Å². The lowest BCUT2D eigenvalue weighted by molar-refractivity contribution is -0.153. The number of nitrogens with zero attached hydrogens (tertiary/aromatic N) is 1. The van der Waals surface area contributed by atoms with Crippen molar-refractivity contribution in [1.29, 1.82) is 0 Å². The van der Waals surface area contributed by atoms with E-state index in [0.29, 0.717) is 12.2 Å². The smallest absolute Gasteiger partial charge is 0.328 e. The highest BCUT2D eigenvalue weighted by atomic mass is 16.5. The van der Waals surface area contributed by atoms with Crippen molar-refractivity contribution < 1.29 is 29.0 Å². The van der Waals surface area contributed by atoms with Gasteiger partial charge in [-0.15, -0.1) is 0 Å². The van der Waals surface area contributed by atoms with Crippen LogP contribution in [0.1, 0.15) is 110 Å². The van der Waals surface area contributed by atoms with Crippen LogP contribution in [0.4, 0.5) is 10.6 Å². The number of hydrogen-bond donors (Lipinski definition) is 4. The summed E-state index contributed by atoms with van der Waals surface area (Å²) in [5.41, 5.74) is 5.37. The van der Waals surface area contributed by atoms with Crippen LogP contribution in [0.5, 0.6) is 0 Å². The fraction of sp³-hybridized carbons (Fsp3) is 0.679. The minimum Gasteiger partial charge on any atom is -0.481 e. The molecular formula is C28H46N4O6. The van der Waals surface area contributed by atoms with Gasteiger partial charge in [-0.1, -0.05) is 77.2 Å². The van der Waals surface area contributed by atoms with Crippen LogP contribution >= 0.6 is 0 Å². The maximum Gasteiger partial charge on any atom is 0.328 e. The molecule has 2 atom stereocenters. The van der Waals surface area contributed by atoms with Gasteiger partial charge in [0.05, 0.1) is 6.42 Å². The maximum atomic E-state index is 12.9. The van der Waals surface area contributed by atoms with Gasteiger partial charge in [0.25, 0.3) is 0 Å². The number of carboxylic acid groups (broad SMARTS) is 1. The number of nitrogens with two attached hydrogens (primary N) is 1. The van der Waals surface area contributed by atoms with Crippen molar-refractivity contribution in [2.75, 3.05) is 5.32 Å². The molecule has 0 aromatic carbocycles. The highest BCUT2D eigenvalue weighted by molar-refractivity contribution is 5.91. The molecule has 0 saturated heterocycles. The number of aromatic nitrogens is 1. The van der Waals surface area contributed by atoms with E-state index in [1.807, 2.05) is 0 Å². The number of primary amides is 1. The summed E-state index contributed by atoms with van der Waals surface area (Å²) in [5.74, 6) is -2.00. The molecule has 1 rings (SSSR count). The van der Waals surface area contributed by atoms with Crippen LogP contribution in [0.2, 0.25) is 0 Å². The van der Waals surface area contributed by atoms with Gasteiger partial charge in [0.15, 0.2) is 0 Å². The van der Waals surface area contributed by atoms with Gasteiger partial charge in [-0.05, 0) is 37.8 Å². The average Bonchev–Trinajstić information content (AvgIpc) is 2.86. The molecule has 3 amide bonds. The standard InChI is InChI=1S/C28H46N4O6/c1-2-3-4-5-6-7-8-9-10-11-12-16-22(21-24(29)33)38-27(36)23(17-15-19-26(34)35)31-28(37)32-25-18-13-14-20-30-25/h13-14,18,20,22-23H,2-12,15-17,19,21H2,1H3,(H2,29,33)(H,34,35)(H2,30,31,32,37)/t22-,23-/m0/s1. The summed E-state index contributed by atoms with van der Waals surface area (Å²) in [6.07, 6.45) is 14.3. The van der Waals surface area contributed by atoms with E-state index in [1.165, 1.54) is 51.1 Å². The highest BCUT2D eigenvalue weighted by Gasteiger charge is 2.26. The molecule has 10 heteroatoms. The van der Waals surface area contributed by atoms with Crippen molar-refractivity contribution >= 4 is 29.7 Å². The average molecular weight is 535 g/mol. The number of carbonyl (C=O) groups is 4. The molecule has 0 aliphatic rings. The minimum absolute atomic E-state index is 0.0719. The second kappa shape index (κ2) is 20.8. The molecule has 1 aromatic rings. The van der Waals surface area contributed by atoms with Crippen molar-refractivity contribution in [3.63, 3.8) is 0 Å².